The molecule has 0 fully saturated rings. The summed E-state index contributed by atoms with van der Waals surface area (Å²) >= 11 is 0. The van der Waals surface area contributed by atoms with Gasteiger partial charge in [-0.2, -0.15) is 5.10 Å². The first-order valence-electron chi connectivity index (χ1n) is 7.57. The zero-order valence-corrected chi connectivity index (χ0v) is 13.0. The summed E-state index contributed by atoms with van der Waals surface area (Å²) in [6.07, 6.45) is 0.772. The summed E-state index contributed by atoms with van der Waals surface area (Å²) in [5.74, 6) is -0.268. The minimum absolute atomic E-state index is 0.0652. The number of nitrogens with zero attached hydrogens (tertiary/aromatic N) is 2. The average molecular weight is 302 g/mol. The number of hydrogen-bond acceptors (Lipinski definition) is 5. The monoisotopic (exact) mass is 302 g/mol. The summed E-state index contributed by atoms with van der Waals surface area (Å²) in [6.45, 7) is 3.58. The highest BCUT2D eigenvalue weighted by molar-refractivity contribution is 6.25. The third-order valence-corrected chi connectivity index (χ3v) is 4.36. The molecule has 3 rings (SSSR count). The minimum atomic E-state index is -0.518. The van der Waals surface area contributed by atoms with E-state index in [4.69, 9.17) is 10.5 Å². The highest BCUT2D eigenvalue weighted by Crippen LogP contribution is 2.38. The lowest BCUT2D eigenvalue weighted by Crippen LogP contribution is -2.57. The first-order chi connectivity index (χ1) is 10.6. The molecule has 1 aromatic carbocycles. The predicted molar refractivity (Wildman–Crippen MR) is 85.9 cm³/mol. The van der Waals surface area contributed by atoms with Crippen molar-refractivity contribution in [3.63, 3.8) is 0 Å². The second kappa shape index (κ2) is 5.70. The van der Waals surface area contributed by atoms with Crippen LogP contribution in [0.2, 0.25) is 0 Å². The van der Waals surface area contributed by atoms with Crippen molar-refractivity contribution in [3.8, 4) is 0 Å². The van der Waals surface area contributed by atoms with Gasteiger partial charge in [0, 0.05) is 19.2 Å². The van der Waals surface area contributed by atoms with E-state index in [2.05, 4.69) is 10.5 Å². The van der Waals surface area contributed by atoms with Crippen molar-refractivity contribution in [3.05, 3.63) is 29.8 Å². The van der Waals surface area contributed by atoms with Gasteiger partial charge in [0.2, 0.25) is 5.91 Å². The Bertz CT molecular complexity index is 616. The predicted octanol–water partition coefficient (Wildman–Crippen LogP) is 0.711. The summed E-state index contributed by atoms with van der Waals surface area (Å²) in [5.41, 5.74) is 11.0. The number of nitrogens with two attached hydrogens (primary N) is 1. The maximum Gasteiger partial charge on any atom is 0.238 e. The molecule has 2 aliphatic rings. The van der Waals surface area contributed by atoms with Crippen LogP contribution in [0.1, 0.15) is 18.9 Å². The summed E-state index contributed by atoms with van der Waals surface area (Å²) in [4.78, 5) is 14.9. The standard InChI is InChI=1S/C16H22N4O2/c1-16(10-22-2)13-14(18-19-16)11-6-3-4-7-12(11)20(15(13)21)9-5-8-17/h3-4,6-7,13,19H,5,8-10,17H2,1-2H3. The fourth-order valence-electron chi connectivity index (χ4n) is 3.32. The lowest BCUT2D eigenvalue weighted by molar-refractivity contribution is -0.122. The van der Waals surface area contributed by atoms with Gasteiger partial charge in [0.25, 0.3) is 0 Å². The Labute approximate surface area is 130 Å². The van der Waals surface area contributed by atoms with Crippen molar-refractivity contribution in [2.45, 2.75) is 18.9 Å². The van der Waals surface area contributed by atoms with Gasteiger partial charge in [-0.25, -0.2) is 0 Å². The van der Waals surface area contributed by atoms with Crippen molar-refractivity contribution in [1.82, 2.24) is 5.43 Å². The average Bonchev–Trinajstić information content (AvgIpc) is 2.86. The van der Waals surface area contributed by atoms with Crippen LogP contribution in [0.4, 0.5) is 5.69 Å². The molecule has 2 atom stereocenters. The van der Waals surface area contributed by atoms with Crippen LogP contribution < -0.4 is 16.1 Å². The van der Waals surface area contributed by atoms with Gasteiger partial charge in [0.05, 0.1) is 23.5 Å². The molecule has 2 heterocycles. The Hall–Kier alpha value is -1.92. The molecule has 118 valence electrons. The number of anilines is 1. The second-order valence-corrected chi connectivity index (χ2v) is 6.04. The molecule has 0 radical (unpaired) electrons. The van der Waals surface area contributed by atoms with Crippen LogP contribution in [0.5, 0.6) is 0 Å². The molecule has 0 aliphatic carbocycles. The maximum absolute atomic E-state index is 13.1. The molecule has 0 spiro atoms. The van der Waals surface area contributed by atoms with Gasteiger partial charge in [-0.1, -0.05) is 18.2 Å². The Balaban J connectivity index is 2.05. The van der Waals surface area contributed by atoms with E-state index < -0.39 is 5.54 Å². The fourth-order valence-corrected chi connectivity index (χ4v) is 3.32. The summed E-state index contributed by atoms with van der Waals surface area (Å²) < 4.78 is 5.30. The first-order valence-corrected chi connectivity index (χ1v) is 7.57. The third-order valence-electron chi connectivity index (χ3n) is 4.36. The molecular formula is C16H22N4O2. The van der Waals surface area contributed by atoms with Gasteiger partial charge < -0.3 is 20.8 Å². The zero-order chi connectivity index (χ0) is 15.7. The van der Waals surface area contributed by atoms with E-state index in [9.17, 15) is 4.79 Å². The molecule has 3 N–H and O–H groups in total. The topological polar surface area (TPSA) is 79.9 Å². The SMILES string of the molecule is COCC1(C)NN=C2c3ccccc3N(CCCN)C(=O)C21. The zero-order valence-electron chi connectivity index (χ0n) is 13.0. The van der Waals surface area contributed by atoms with E-state index in [1.54, 1.807) is 7.11 Å². The molecule has 2 unspecified atom stereocenters. The van der Waals surface area contributed by atoms with Crippen molar-refractivity contribution in [1.29, 1.82) is 0 Å². The van der Waals surface area contributed by atoms with Crippen LogP contribution in [0, 0.1) is 5.92 Å². The molecule has 0 bridgehead atoms. The summed E-state index contributed by atoms with van der Waals surface area (Å²) in [5, 5.41) is 4.45. The lowest BCUT2D eigenvalue weighted by Gasteiger charge is -2.38. The molecule has 2 aliphatic heterocycles. The van der Waals surface area contributed by atoms with Gasteiger partial charge >= 0.3 is 0 Å². The van der Waals surface area contributed by atoms with E-state index in [0.717, 1.165) is 23.4 Å². The number of carbonyl (C=O) groups is 1. The molecular weight excluding hydrogens is 280 g/mol. The minimum Gasteiger partial charge on any atom is -0.382 e. The number of carbonyl (C=O) groups excluding carboxylic acids is 1. The van der Waals surface area contributed by atoms with Crippen LogP contribution in [-0.4, -0.2) is 44.0 Å². The Kier molecular flexibility index (Phi) is 3.88. The molecule has 0 saturated heterocycles. The van der Waals surface area contributed by atoms with Gasteiger partial charge in [0.15, 0.2) is 0 Å². The number of fused-ring (bicyclic) bond motifs is 3. The molecule has 1 aromatic rings. The number of ether oxygens (including phenoxy) is 1. The third kappa shape index (κ3) is 2.19. The molecule has 1 amide bonds. The van der Waals surface area contributed by atoms with E-state index in [1.165, 1.54) is 0 Å². The van der Waals surface area contributed by atoms with Crippen LogP contribution in [-0.2, 0) is 9.53 Å². The molecule has 0 aromatic heterocycles. The van der Waals surface area contributed by atoms with Gasteiger partial charge in [-0.3, -0.25) is 4.79 Å². The van der Waals surface area contributed by atoms with E-state index >= 15 is 0 Å². The van der Waals surface area contributed by atoms with E-state index in [1.807, 2.05) is 36.1 Å². The highest BCUT2D eigenvalue weighted by atomic mass is 16.5. The Morgan fingerprint density at radius 3 is 2.95 bits per heavy atom. The van der Waals surface area contributed by atoms with E-state index in [-0.39, 0.29) is 11.8 Å². The number of nitrogens with one attached hydrogen (secondary N) is 1. The smallest absolute Gasteiger partial charge is 0.238 e. The van der Waals surface area contributed by atoms with Crippen molar-refractivity contribution in [2.24, 2.45) is 16.8 Å². The number of hydrazone groups is 1. The van der Waals surface area contributed by atoms with Gasteiger partial charge in [-0.05, 0) is 26.0 Å². The van der Waals surface area contributed by atoms with Crippen LogP contribution in [0.25, 0.3) is 0 Å². The lowest BCUT2D eigenvalue weighted by atomic mass is 9.78. The largest absolute Gasteiger partial charge is 0.382 e. The second-order valence-electron chi connectivity index (χ2n) is 6.04. The van der Waals surface area contributed by atoms with E-state index in [0.29, 0.717) is 19.7 Å². The molecule has 6 nitrogen and oxygen atoms in total. The Morgan fingerprint density at radius 2 is 2.23 bits per heavy atom. The first kappa shape index (κ1) is 15.0. The summed E-state index contributed by atoms with van der Waals surface area (Å²) in [6, 6.07) is 7.90. The van der Waals surface area contributed by atoms with Crippen LogP contribution in [0.3, 0.4) is 0 Å². The number of methoxy groups -OCH3 is 1. The molecule has 22 heavy (non-hydrogen) atoms. The fraction of sp³-hybridized carbons (Fsp3) is 0.500. The normalized spacial score (nSPS) is 26.3. The maximum atomic E-state index is 13.1. The van der Waals surface area contributed by atoms with Crippen LogP contribution in [0.15, 0.2) is 29.4 Å². The number of rotatable bonds is 5. The highest BCUT2D eigenvalue weighted by Gasteiger charge is 2.52. The van der Waals surface area contributed by atoms with Gasteiger partial charge in [0.1, 0.15) is 5.92 Å². The van der Waals surface area contributed by atoms with Crippen molar-refractivity contribution in [2.75, 3.05) is 31.7 Å². The number of para-hydroxylation sites is 1. The number of hydrogen-bond donors (Lipinski definition) is 2. The number of benzene rings is 1. The quantitative estimate of drug-likeness (QED) is 0.839. The molecule has 0 saturated carbocycles. The number of amides is 1. The Morgan fingerprint density at radius 1 is 1.45 bits per heavy atom. The van der Waals surface area contributed by atoms with Crippen LogP contribution >= 0.6 is 0 Å². The summed E-state index contributed by atoms with van der Waals surface area (Å²) in [7, 11) is 1.64. The van der Waals surface area contributed by atoms with Crippen molar-refractivity contribution < 1.29 is 9.53 Å². The van der Waals surface area contributed by atoms with Gasteiger partial charge in [-0.15, -0.1) is 0 Å². The molecule has 6 heteroatoms. The van der Waals surface area contributed by atoms with Crippen molar-refractivity contribution >= 4 is 17.3 Å².